The van der Waals surface area contributed by atoms with Crippen molar-refractivity contribution in [2.75, 3.05) is 25.5 Å². The van der Waals surface area contributed by atoms with E-state index in [1.54, 1.807) is 67.5 Å². The van der Waals surface area contributed by atoms with Crippen molar-refractivity contribution in [1.82, 2.24) is 4.90 Å². The third kappa shape index (κ3) is 4.16. The summed E-state index contributed by atoms with van der Waals surface area (Å²) in [4.78, 5) is 40.0. The molecule has 0 saturated carbocycles. The second-order valence-electron chi connectivity index (χ2n) is 6.62. The van der Waals surface area contributed by atoms with Gasteiger partial charge in [0.25, 0.3) is 5.91 Å². The molecule has 1 fully saturated rings. The van der Waals surface area contributed by atoms with Crippen molar-refractivity contribution < 1.29 is 19.1 Å². The van der Waals surface area contributed by atoms with E-state index in [1.807, 2.05) is 6.07 Å². The molecule has 27 heavy (non-hydrogen) atoms. The number of rotatable bonds is 5. The predicted molar refractivity (Wildman–Crippen MR) is 101 cm³/mol. The molecule has 6 nitrogen and oxygen atoms in total. The van der Waals surface area contributed by atoms with Crippen molar-refractivity contribution in [3.63, 3.8) is 0 Å². The number of carbonyl (C=O) groups excluding carboxylic acids is 3. The van der Waals surface area contributed by atoms with Gasteiger partial charge in [-0.1, -0.05) is 30.3 Å². The van der Waals surface area contributed by atoms with Crippen molar-refractivity contribution in [2.45, 2.75) is 18.9 Å². The van der Waals surface area contributed by atoms with Gasteiger partial charge in [-0.25, -0.2) is 4.79 Å². The molecule has 0 N–H and O–H groups in total. The van der Waals surface area contributed by atoms with Gasteiger partial charge in [0.1, 0.15) is 0 Å². The highest BCUT2D eigenvalue weighted by Gasteiger charge is 2.27. The Balaban J connectivity index is 1.77. The Hall–Kier alpha value is -3.15. The fourth-order valence-electron chi connectivity index (χ4n) is 3.00. The van der Waals surface area contributed by atoms with E-state index in [9.17, 15) is 14.4 Å². The maximum Gasteiger partial charge on any atom is 0.339 e. The first-order valence-corrected chi connectivity index (χ1v) is 8.85. The van der Waals surface area contributed by atoms with Gasteiger partial charge in [0, 0.05) is 38.3 Å². The zero-order valence-corrected chi connectivity index (χ0v) is 15.4. The number of amides is 2. The van der Waals surface area contributed by atoms with Crippen LogP contribution in [0.15, 0.2) is 54.6 Å². The van der Waals surface area contributed by atoms with Gasteiger partial charge in [-0.3, -0.25) is 9.59 Å². The van der Waals surface area contributed by atoms with Gasteiger partial charge < -0.3 is 14.5 Å². The van der Waals surface area contributed by atoms with E-state index in [4.69, 9.17) is 4.74 Å². The molecule has 0 spiro atoms. The summed E-state index contributed by atoms with van der Waals surface area (Å²) in [6, 6.07) is 15.6. The summed E-state index contributed by atoms with van der Waals surface area (Å²) >= 11 is 0. The Bertz CT molecular complexity index is 831. The molecular formula is C21H22N2O4. The number of carbonyl (C=O) groups is 3. The number of ether oxygens (including phenoxy) is 1. The predicted octanol–water partition coefficient (Wildman–Crippen LogP) is 2.80. The molecular weight excluding hydrogens is 344 g/mol. The zero-order valence-electron chi connectivity index (χ0n) is 15.4. The van der Waals surface area contributed by atoms with Crippen LogP contribution in [0.2, 0.25) is 0 Å². The van der Waals surface area contributed by atoms with Crippen LogP contribution in [0, 0.1) is 0 Å². The molecule has 0 aliphatic carbocycles. The summed E-state index contributed by atoms with van der Waals surface area (Å²) in [5, 5.41) is 0. The first kappa shape index (κ1) is 18.6. The number of likely N-dealkylation sites (N-methyl/N-ethyl adjacent to an activating group) is 1. The number of benzene rings is 2. The standard InChI is InChI=1S/C21H22N2O4/c1-22(2)20(25)19(15-7-4-3-5-8-15)27-21(26)16-10-12-17(13-11-16)23-14-6-9-18(23)24/h3-5,7-8,10-13,19H,6,9,14H2,1-2H3/t19-/m0/s1. The van der Waals surface area contributed by atoms with Gasteiger partial charge in [-0.15, -0.1) is 0 Å². The lowest BCUT2D eigenvalue weighted by Gasteiger charge is -2.21. The third-order valence-corrected chi connectivity index (χ3v) is 4.48. The lowest BCUT2D eigenvalue weighted by Crippen LogP contribution is -2.31. The van der Waals surface area contributed by atoms with E-state index >= 15 is 0 Å². The van der Waals surface area contributed by atoms with Crippen molar-refractivity contribution >= 4 is 23.5 Å². The highest BCUT2D eigenvalue weighted by atomic mass is 16.5. The number of esters is 1. The van der Waals surface area contributed by atoms with Gasteiger partial charge in [0.15, 0.2) is 0 Å². The molecule has 0 radical (unpaired) electrons. The Morgan fingerprint density at radius 1 is 1.04 bits per heavy atom. The van der Waals surface area contributed by atoms with Crippen LogP contribution in [0.25, 0.3) is 0 Å². The van der Waals surface area contributed by atoms with E-state index in [0.717, 1.165) is 12.1 Å². The van der Waals surface area contributed by atoms with Gasteiger partial charge >= 0.3 is 5.97 Å². The first-order chi connectivity index (χ1) is 13.0. The monoisotopic (exact) mass is 366 g/mol. The Labute approximate surface area is 158 Å². The van der Waals surface area contributed by atoms with E-state index < -0.39 is 12.1 Å². The van der Waals surface area contributed by atoms with Crippen LogP contribution in [0.4, 0.5) is 5.69 Å². The van der Waals surface area contributed by atoms with E-state index in [-0.39, 0.29) is 11.8 Å². The quantitative estimate of drug-likeness (QED) is 0.763. The van der Waals surface area contributed by atoms with Crippen molar-refractivity contribution in [3.8, 4) is 0 Å². The average Bonchev–Trinajstić information content (AvgIpc) is 3.12. The van der Waals surface area contributed by atoms with Crippen molar-refractivity contribution in [3.05, 3.63) is 65.7 Å². The van der Waals surface area contributed by atoms with Crippen LogP contribution in [0.1, 0.15) is 34.9 Å². The molecule has 1 saturated heterocycles. The summed E-state index contributed by atoms with van der Waals surface area (Å²) in [5.41, 5.74) is 1.71. The fourth-order valence-corrected chi connectivity index (χ4v) is 3.00. The zero-order chi connectivity index (χ0) is 19.4. The maximum absolute atomic E-state index is 12.6. The second-order valence-corrected chi connectivity index (χ2v) is 6.62. The number of anilines is 1. The molecule has 0 bridgehead atoms. The molecule has 1 aliphatic heterocycles. The maximum atomic E-state index is 12.6. The van der Waals surface area contributed by atoms with Gasteiger partial charge in [0.05, 0.1) is 5.56 Å². The molecule has 1 heterocycles. The number of hydrogen-bond acceptors (Lipinski definition) is 4. The minimum absolute atomic E-state index is 0.0889. The lowest BCUT2D eigenvalue weighted by atomic mass is 10.1. The van der Waals surface area contributed by atoms with Crippen LogP contribution in [-0.2, 0) is 14.3 Å². The normalized spacial score (nSPS) is 14.7. The second kappa shape index (κ2) is 8.03. The number of nitrogens with zero attached hydrogens (tertiary/aromatic N) is 2. The van der Waals surface area contributed by atoms with Crippen LogP contribution >= 0.6 is 0 Å². The van der Waals surface area contributed by atoms with E-state index in [2.05, 4.69) is 0 Å². The SMILES string of the molecule is CN(C)C(=O)[C@@H](OC(=O)c1ccc(N2CCCC2=O)cc1)c1ccccc1. The highest BCUT2D eigenvalue weighted by molar-refractivity contribution is 5.97. The fraction of sp³-hybridized carbons (Fsp3) is 0.286. The van der Waals surface area contributed by atoms with Crippen molar-refractivity contribution in [1.29, 1.82) is 0 Å². The smallest absolute Gasteiger partial charge is 0.339 e. The van der Waals surface area contributed by atoms with E-state index in [0.29, 0.717) is 24.1 Å². The molecule has 0 unspecified atom stereocenters. The molecule has 1 atom stereocenters. The van der Waals surface area contributed by atoms with Gasteiger partial charge in [-0.2, -0.15) is 0 Å². The van der Waals surface area contributed by atoms with Crippen molar-refractivity contribution in [2.24, 2.45) is 0 Å². The molecule has 2 aromatic rings. The molecule has 0 aromatic heterocycles. The Morgan fingerprint density at radius 3 is 2.26 bits per heavy atom. The Morgan fingerprint density at radius 2 is 1.70 bits per heavy atom. The van der Waals surface area contributed by atoms with Crippen LogP contribution in [-0.4, -0.2) is 43.3 Å². The molecule has 2 aromatic carbocycles. The van der Waals surface area contributed by atoms with E-state index in [1.165, 1.54) is 4.90 Å². The Kier molecular flexibility index (Phi) is 5.54. The largest absolute Gasteiger partial charge is 0.444 e. The van der Waals surface area contributed by atoms with Crippen LogP contribution in [0.5, 0.6) is 0 Å². The molecule has 140 valence electrons. The first-order valence-electron chi connectivity index (χ1n) is 8.85. The lowest BCUT2D eigenvalue weighted by molar-refractivity contribution is -0.138. The summed E-state index contributed by atoms with van der Waals surface area (Å²) < 4.78 is 5.52. The highest BCUT2D eigenvalue weighted by Crippen LogP contribution is 2.24. The summed E-state index contributed by atoms with van der Waals surface area (Å²) in [6.07, 6.45) is 0.386. The topological polar surface area (TPSA) is 66.9 Å². The van der Waals surface area contributed by atoms with Crippen LogP contribution < -0.4 is 4.90 Å². The summed E-state index contributed by atoms with van der Waals surface area (Å²) in [7, 11) is 3.24. The third-order valence-electron chi connectivity index (χ3n) is 4.48. The van der Waals surface area contributed by atoms with Gasteiger partial charge in [0.2, 0.25) is 12.0 Å². The summed E-state index contributed by atoms with van der Waals surface area (Å²) in [5.74, 6) is -0.807. The van der Waals surface area contributed by atoms with Gasteiger partial charge in [-0.05, 0) is 30.7 Å². The minimum atomic E-state index is -1.01. The van der Waals surface area contributed by atoms with Crippen LogP contribution in [0.3, 0.4) is 0 Å². The summed E-state index contributed by atoms with van der Waals surface area (Å²) in [6.45, 7) is 0.691. The molecule has 2 amide bonds. The molecule has 6 heteroatoms. The molecule has 1 aliphatic rings. The molecule has 3 rings (SSSR count). The number of hydrogen-bond donors (Lipinski definition) is 0. The average molecular weight is 366 g/mol. The minimum Gasteiger partial charge on any atom is -0.444 e.